The number of hydrogen-bond donors (Lipinski definition) is 0. The molecule has 0 spiro atoms. The fourth-order valence-electron chi connectivity index (χ4n) is 3.33. The molecule has 0 radical (unpaired) electrons. The largest absolute Gasteiger partial charge is 0.545 e. The van der Waals surface area contributed by atoms with Gasteiger partial charge in [-0.25, -0.2) is 0 Å². The van der Waals surface area contributed by atoms with Gasteiger partial charge in [-0.1, -0.05) is 42.0 Å². The summed E-state index contributed by atoms with van der Waals surface area (Å²) in [6.45, 7) is 12.4. The van der Waals surface area contributed by atoms with Gasteiger partial charge in [-0.15, -0.1) is 0 Å². The summed E-state index contributed by atoms with van der Waals surface area (Å²) >= 11 is 0. The molecule has 21 heavy (non-hydrogen) atoms. The molecule has 0 aliphatic rings. The van der Waals surface area contributed by atoms with Gasteiger partial charge in [-0.05, 0) is 38.8 Å². The SMILES string of the molecule is [CH2+]C(C)(c1ccccc1C(=O)[O-])c1c(C)cc(C)cc1C. The zero-order valence-electron chi connectivity index (χ0n) is 13.0. The van der Waals surface area contributed by atoms with Crippen LogP contribution in [0.5, 0.6) is 0 Å². The lowest BCUT2D eigenvalue weighted by molar-refractivity contribution is -0.255. The second-order valence-electron chi connectivity index (χ2n) is 5.94. The van der Waals surface area contributed by atoms with Crippen LogP contribution >= 0.6 is 0 Å². The molecule has 0 saturated heterocycles. The molecular weight excluding hydrogens is 260 g/mol. The van der Waals surface area contributed by atoms with E-state index in [1.54, 1.807) is 12.1 Å². The van der Waals surface area contributed by atoms with Crippen LogP contribution in [0.2, 0.25) is 0 Å². The van der Waals surface area contributed by atoms with Crippen molar-refractivity contribution in [1.82, 2.24) is 0 Å². The van der Waals surface area contributed by atoms with Gasteiger partial charge in [0.1, 0.15) is 0 Å². The molecule has 0 heterocycles. The third-order valence-electron chi connectivity index (χ3n) is 3.97. The number of aromatic carboxylic acids is 1. The molecule has 0 fully saturated rings. The minimum atomic E-state index is -1.16. The summed E-state index contributed by atoms with van der Waals surface area (Å²) in [7, 11) is 0. The topological polar surface area (TPSA) is 40.1 Å². The molecule has 0 bridgehead atoms. The van der Waals surface area contributed by atoms with Crippen molar-refractivity contribution >= 4 is 5.97 Å². The fraction of sp³-hybridized carbons (Fsp3) is 0.263. The van der Waals surface area contributed by atoms with E-state index < -0.39 is 11.4 Å². The van der Waals surface area contributed by atoms with Gasteiger partial charge in [-0.2, -0.15) is 0 Å². The molecule has 0 aromatic heterocycles. The number of aryl methyl sites for hydroxylation is 3. The molecule has 0 N–H and O–H groups in total. The van der Waals surface area contributed by atoms with Crippen LogP contribution in [0.3, 0.4) is 0 Å². The number of hydrogen-bond acceptors (Lipinski definition) is 2. The summed E-state index contributed by atoms with van der Waals surface area (Å²) in [6, 6.07) is 11.1. The summed E-state index contributed by atoms with van der Waals surface area (Å²) in [5, 5.41) is 11.4. The molecule has 108 valence electrons. The van der Waals surface area contributed by atoms with Crippen LogP contribution < -0.4 is 5.11 Å². The lowest BCUT2D eigenvalue weighted by Gasteiger charge is -2.26. The third-order valence-corrected chi connectivity index (χ3v) is 3.97. The van der Waals surface area contributed by atoms with Gasteiger partial charge in [0.15, 0.2) is 5.41 Å². The maximum atomic E-state index is 11.4. The Labute approximate surface area is 126 Å². The number of carbonyl (C=O) groups excluding carboxylic acids is 1. The highest BCUT2D eigenvalue weighted by Gasteiger charge is 2.35. The third kappa shape index (κ3) is 2.66. The minimum Gasteiger partial charge on any atom is -0.545 e. The molecule has 0 aliphatic heterocycles. The van der Waals surface area contributed by atoms with Crippen LogP contribution in [0.1, 0.15) is 45.1 Å². The normalized spacial score (nSPS) is 13.7. The Morgan fingerprint density at radius 3 is 2.14 bits per heavy atom. The van der Waals surface area contributed by atoms with Crippen LogP contribution in [0.15, 0.2) is 36.4 Å². The van der Waals surface area contributed by atoms with Crippen LogP contribution in [0.4, 0.5) is 0 Å². The molecule has 0 aliphatic carbocycles. The van der Waals surface area contributed by atoms with E-state index in [9.17, 15) is 9.90 Å². The first-order valence-corrected chi connectivity index (χ1v) is 6.99. The molecule has 2 aromatic rings. The molecule has 1 unspecified atom stereocenters. The van der Waals surface area contributed by atoms with E-state index in [2.05, 4.69) is 26.0 Å². The van der Waals surface area contributed by atoms with E-state index in [0.717, 1.165) is 16.7 Å². The molecule has 0 amide bonds. The second-order valence-corrected chi connectivity index (χ2v) is 5.94. The van der Waals surface area contributed by atoms with Crippen molar-refractivity contribution in [2.45, 2.75) is 33.1 Å². The van der Waals surface area contributed by atoms with Gasteiger partial charge in [0.05, 0.1) is 12.9 Å². The first kappa shape index (κ1) is 15.2. The van der Waals surface area contributed by atoms with Crippen LogP contribution in [-0.2, 0) is 5.41 Å². The first-order valence-electron chi connectivity index (χ1n) is 6.99. The van der Waals surface area contributed by atoms with Crippen LogP contribution in [0.25, 0.3) is 0 Å². The van der Waals surface area contributed by atoms with Gasteiger partial charge in [0, 0.05) is 16.7 Å². The summed E-state index contributed by atoms with van der Waals surface area (Å²) < 4.78 is 0. The predicted molar refractivity (Wildman–Crippen MR) is 83.2 cm³/mol. The quantitative estimate of drug-likeness (QED) is 0.810. The summed E-state index contributed by atoms with van der Waals surface area (Å²) in [4.78, 5) is 11.4. The average Bonchev–Trinajstić information content (AvgIpc) is 2.37. The Hall–Kier alpha value is -2.22. The Morgan fingerprint density at radius 1 is 1.10 bits per heavy atom. The lowest BCUT2D eigenvalue weighted by atomic mass is 9.72. The Bertz CT molecular complexity index is 673. The number of carboxylic acid groups (broad SMARTS) is 1. The van der Waals surface area contributed by atoms with E-state index >= 15 is 0 Å². The van der Waals surface area contributed by atoms with Crippen LogP contribution in [0, 0.1) is 27.7 Å². The molecule has 2 nitrogen and oxygen atoms in total. The van der Waals surface area contributed by atoms with Crippen molar-refractivity contribution in [2.24, 2.45) is 0 Å². The maximum absolute atomic E-state index is 11.4. The minimum absolute atomic E-state index is 0.203. The smallest absolute Gasteiger partial charge is 0.153 e. The second kappa shape index (κ2) is 5.28. The fourth-order valence-corrected chi connectivity index (χ4v) is 3.33. The van der Waals surface area contributed by atoms with Crippen molar-refractivity contribution in [2.75, 3.05) is 0 Å². The first-order chi connectivity index (χ1) is 9.75. The molecule has 1 atom stereocenters. The van der Waals surface area contributed by atoms with E-state index in [-0.39, 0.29) is 5.56 Å². The van der Waals surface area contributed by atoms with Gasteiger partial charge >= 0.3 is 0 Å². The zero-order chi connectivity index (χ0) is 15.8. The van der Waals surface area contributed by atoms with Gasteiger partial charge in [0.25, 0.3) is 0 Å². The summed E-state index contributed by atoms with van der Waals surface area (Å²) in [6.07, 6.45) is 0. The number of carboxylic acids is 1. The van der Waals surface area contributed by atoms with Crippen molar-refractivity contribution in [3.8, 4) is 0 Å². The van der Waals surface area contributed by atoms with Gasteiger partial charge in [-0.3, -0.25) is 0 Å². The monoisotopic (exact) mass is 280 g/mol. The number of rotatable bonds is 3. The molecule has 2 heteroatoms. The Balaban J connectivity index is 2.71. The van der Waals surface area contributed by atoms with E-state index in [4.69, 9.17) is 0 Å². The predicted octanol–water partition coefficient (Wildman–Crippen LogP) is 3.12. The maximum Gasteiger partial charge on any atom is 0.153 e. The van der Waals surface area contributed by atoms with Crippen molar-refractivity contribution in [3.63, 3.8) is 0 Å². The molecule has 2 aromatic carbocycles. The average molecular weight is 280 g/mol. The van der Waals surface area contributed by atoms with Crippen molar-refractivity contribution < 1.29 is 9.90 Å². The highest BCUT2D eigenvalue weighted by Crippen LogP contribution is 2.37. The highest BCUT2D eigenvalue weighted by molar-refractivity contribution is 5.88. The van der Waals surface area contributed by atoms with E-state index in [1.807, 2.05) is 32.9 Å². The summed E-state index contributed by atoms with van der Waals surface area (Å²) in [5.41, 5.74) is 4.75. The van der Waals surface area contributed by atoms with Crippen molar-refractivity contribution in [3.05, 3.63) is 76.7 Å². The molecule has 2 rings (SSSR count). The molecular formula is C19H20O2. The summed E-state index contributed by atoms with van der Waals surface area (Å²) in [5.74, 6) is -1.16. The van der Waals surface area contributed by atoms with Gasteiger partial charge in [0.2, 0.25) is 0 Å². The molecule has 0 saturated carbocycles. The van der Waals surface area contributed by atoms with Crippen LogP contribution in [-0.4, -0.2) is 5.97 Å². The number of benzene rings is 2. The van der Waals surface area contributed by atoms with Crippen molar-refractivity contribution in [1.29, 1.82) is 0 Å². The lowest BCUT2D eigenvalue weighted by Crippen LogP contribution is -2.30. The Morgan fingerprint density at radius 2 is 1.62 bits per heavy atom. The van der Waals surface area contributed by atoms with Gasteiger partial charge < -0.3 is 9.90 Å². The van der Waals surface area contributed by atoms with E-state index in [1.165, 1.54) is 5.56 Å². The zero-order valence-corrected chi connectivity index (χ0v) is 13.0. The van der Waals surface area contributed by atoms with E-state index in [0.29, 0.717) is 5.56 Å². The highest BCUT2D eigenvalue weighted by atomic mass is 16.4. The standard InChI is InChI=1S/C19H20O2/c1-12-10-13(2)17(14(3)11-12)19(4,5)16-9-7-6-8-15(16)18(20)21/h6-11H,4H2,1-3,5H3. The Kier molecular flexibility index (Phi) is 3.82. The number of carbonyl (C=O) groups is 1.